The molecule has 7 heteroatoms. The normalized spacial score (nSPS) is 16.7. The van der Waals surface area contributed by atoms with Gasteiger partial charge < -0.3 is 9.64 Å². The van der Waals surface area contributed by atoms with Crippen LogP contribution in [0.25, 0.3) is 0 Å². The van der Waals surface area contributed by atoms with E-state index in [1.807, 2.05) is 18.2 Å². The maximum atomic E-state index is 12.6. The summed E-state index contributed by atoms with van der Waals surface area (Å²) in [5, 5.41) is 0.689. The van der Waals surface area contributed by atoms with Gasteiger partial charge in [-0.2, -0.15) is 4.31 Å². The first-order valence-electron chi connectivity index (χ1n) is 8.33. The minimum Gasteiger partial charge on any atom is -0.488 e. The van der Waals surface area contributed by atoms with Crippen LogP contribution in [0.5, 0.6) is 5.75 Å². The first kappa shape index (κ1) is 18.2. The summed E-state index contributed by atoms with van der Waals surface area (Å²) >= 11 is 5.85. The Labute approximate surface area is 153 Å². The van der Waals surface area contributed by atoms with Crippen LogP contribution in [0, 0.1) is 0 Å². The van der Waals surface area contributed by atoms with Gasteiger partial charge in [0.15, 0.2) is 0 Å². The van der Waals surface area contributed by atoms with Crippen LogP contribution in [0.2, 0.25) is 5.02 Å². The van der Waals surface area contributed by atoms with Crippen LogP contribution >= 0.6 is 11.6 Å². The van der Waals surface area contributed by atoms with E-state index in [-0.39, 0.29) is 0 Å². The standard InChI is InChI=1S/C18H21ClN2O3S/c19-16-6-8-17(9-7-16)24-15-14-20-10-12-21(13-11-20)25(22,23)18-4-2-1-3-5-18/h1-9H,10-15H2/p+1. The third-order valence-corrected chi connectivity index (χ3v) is 6.51. The smallest absolute Gasteiger partial charge is 0.243 e. The fraction of sp³-hybridized carbons (Fsp3) is 0.333. The molecule has 0 atom stereocenters. The van der Waals surface area contributed by atoms with Gasteiger partial charge in [0.2, 0.25) is 10.0 Å². The highest BCUT2D eigenvalue weighted by Crippen LogP contribution is 2.16. The van der Waals surface area contributed by atoms with E-state index in [0.717, 1.165) is 25.4 Å². The number of benzene rings is 2. The van der Waals surface area contributed by atoms with Gasteiger partial charge in [-0.25, -0.2) is 8.42 Å². The highest BCUT2D eigenvalue weighted by atomic mass is 35.5. The maximum absolute atomic E-state index is 12.6. The van der Waals surface area contributed by atoms with Gasteiger partial charge in [-0.3, -0.25) is 0 Å². The number of nitrogens with one attached hydrogen (secondary N) is 1. The van der Waals surface area contributed by atoms with Crippen molar-refractivity contribution in [1.29, 1.82) is 0 Å². The Morgan fingerprint density at radius 3 is 2.28 bits per heavy atom. The minimum atomic E-state index is -3.38. The highest BCUT2D eigenvalue weighted by molar-refractivity contribution is 7.89. The van der Waals surface area contributed by atoms with Crippen molar-refractivity contribution in [3.05, 3.63) is 59.6 Å². The Morgan fingerprint density at radius 2 is 1.64 bits per heavy atom. The number of rotatable bonds is 6. The number of nitrogens with zero attached hydrogens (tertiary/aromatic N) is 1. The van der Waals surface area contributed by atoms with Crippen LogP contribution in [0.3, 0.4) is 0 Å². The first-order valence-corrected chi connectivity index (χ1v) is 10.1. The Hall–Kier alpha value is -1.60. The zero-order valence-electron chi connectivity index (χ0n) is 13.9. The average molecular weight is 382 g/mol. The second-order valence-electron chi connectivity index (χ2n) is 6.02. The number of piperazine rings is 1. The molecular formula is C18H22ClN2O3S+. The molecular weight excluding hydrogens is 360 g/mol. The van der Waals surface area contributed by atoms with E-state index < -0.39 is 10.0 Å². The molecule has 1 saturated heterocycles. The van der Waals surface area contributed by atoms with Gasteiger partial charge in [0, 0.05) is 5.02 Å². The van der Waals surface area contributed by atoms with Crippen LogP contribution in [-0.4, -0.2) is 52.1 Å². The molecule has 0 aliphatic carbocycles. The van der Waals surface area contributed by atoms with Gasteiger partial charge >= 0.3 is 0 Å². The molecule has 0 unspecified atom stereocenters. The van der Waals surface area contributed by atoms with Gasteiger partial charge in [0.1, 0.15) is 18.9 Å². The predicted molar refractivity (Wildman–Crippen MR) is 97.7 cm³/mol. The summed E-state index contributed by atoms with van der Waals surface area (Å²) in [6.07, 6.45) is 0. The Balaban J connectivity index is 1.46. The molecule has 0 amide bonds. The molecule has 2 aromatic rings. The van der Waals surface area contributed by atoms with Crippen molar-refractivity contribution in [2.75, 3.05) is 39.3 Å². The summed E-state index contributed by atoms with van der Waals surface area (Å²) in [6, 6.07) is 15.9. The molecule has 0 saturated carbocycles. The number of hydrogen-bond acceptors (Lipinski definition) is 3. The lowest BCUT2D eigenvalue weighted by atomic mass is 10.3. The molecule has 1 aliphatic rings. The Bertz CT molecular complexity index is 774. The summed E-state index contributed by atoms with van der Waals surface area (Å²) < 4.78 is 32.5. The van der Waals surface area contributed by atoms with Crippen molar-refractivity contribution in [3.63, 3.8) is 0 Å². The molecule has 0 radical (unpaired) electrons. The van der Waals surface area contributed by atoms with Crippen molar-refractivity contribution in [3.8, 4) is 5.75 Å². The number of halogens is 1. The summed E-state index contributed by atoms with van der Waals surface area (Å²) in [4.78, 5) is 1.72. The van der Waals surface area contributed by atoms with Crippen LogP contribution < -0.4 is 9.64 Å². The Morgan fingerprint density at radius 1 is 1.00 bits per heavy atom. The summed E-state index contributed by atoms with van der Waals surface area (Å²) in [5.41, 5.74) is 0. The number of hydrogen-bond donors (Lipinski definition) is 1. The largest absolute Gasteiger partial charge is 0.488 e. The van der Waals surface area contributed by atoms with E-state index in [2.05, 4.69) is 0 Å². The SMILES string of the molecule is O=S(=O)(c1ccccc1)N1CC[NH+](CCOc2ccc(Cl)cc2)CC1. The number of sulfonamides is 1. The van der Waals surface area contributed by atoms with E-state index >= 15 is 0 Å². The van der Waals surface area contributed by atoms with Gasteiger partial charge in [0.25, 0.3) is 0 Å². The molecule has 0 bridgehead atoms. The zero-order valence-corrected chi connectivity index (χ0v) is 15.5. The topological polar surface area (TPSA) is 51.0 Å². The molecule has 0 aromatic heterocycles. The minimum absolute atomic E-state index is 0.365. The molecule has 134 valence electrons. The molecule has 0 spiro atoms. The number of quaternary nitrogens is 1. The van der Waals surface area contributed by atoms with E-state index in [1.54, 1.807) is 40.7 Å². The quantitative estimate of drug-likeness (QED) is 0.820. The first-order chi connectivity index (χ1) is 12.1. The molecule has 5 nitrogen and oxygen atoms in total. The molecule has 1 N–H and O–H groups in total. The van der Waals surface area contributed by atoms with Crippen molar-refractivity contribution < 1.29 is 18.1 Å². The second kappa shape index (κ2) is 8.19. The molecule has 1 fully saturated rings. The van der Waals surface area contributed by atoms with Crippen LogP contribution in [0.1, 0.15) is 0 Å². The van der Waals surface area contributed by atoms with Crippen molar-refractivity contribution in [2.45, 2.75) is 4.90 Å². The predicted octanol–water partition coefficient (Wildman–Crippen LogP) is 1.31. The lowest BCUT2D eigenvalue weighted by molar-refractivity contribution is -0.903. The average Bonchev–Trinajstić information content (AvgIpc) is 2.64. The fourth-order valence-electron chi connectivity index (χ4n) is 2.88. The summed E-state index contributed by atoms with van der Waals surface area (Å²) in [6.45, 7) is 4.09. The Kier molecular flexibility index (Phi) is 5.96. The fourth-order valence-corrected chi connectivity index (χ4v) is 4.47. The highest BCUT2D eigenvalue weighted by Gasteiger charge is 2.30. The van der Waals surface area contributed by atoms with Crippen LogP contribution in [-0.2, 0) is 10.0 Å². The van der Waals surface area contributed by atoms with E-state index in [0.29, 0.717) is 29.6 Å². The van der Waals surface area contributed by atoms with E-state index in [9.17, 15) is 8.42 Å². The lowest BCUT2D eigenvalue weighted by Crippen LogP contribution is -3.15. The van der Waals surface area contributed by atoms with Crippen LogP contribution in [0.15, 0.2) is 59.5 Å². The van der Waals surface area contributed by atoms with Gasteiger partial charge in [-0.05, 0) is 36.4 Å². The molecule has 1 aliphatic heterocycles. The lowest BCUT2D eigenvalue weighted by Gasteiger charge is -2.31. The van der Waals surface area contributed by atoms with Gasteiger partial charge in [0.05, 0.1) is 31.1 Å². The van der Waals surface area contributed by atoms with E-state index in [4.69, 9.17) is 16.3 Å². The summed E-state index contributed by atoms with van der Waals surface area (Å²) in [5.74, 6) is 0.800. The van der Waals surface area contributed by atoms with Gasteiger partial charge in [-0.15, -0.1) is 0 Å². The second-order valence-corrected chi connectivity index (χ2v) is 8.39. The zero-order chi connectivity index (χ0) is 17.7. The van der Waals surface area contributed by atoms with Crippen molar-refractivity contribution in [2.24, 2.45) is 0 Å². The number of ether oxygens (including phenoxy) is 1. The van der Waals surface area contributed by atoms with Crippen molar-refractivity contribution >= 4 is 21.6 Å². The third kappa shape index (κ3) is 4.73. The monoisotopic (exact) mass is 381 g/mol. The molecule has 1 heterocycles. The molecule has 25 heavy (non-hydrogen) atoms. The molecule has 2 aromatic carbocycles. The van der Waals surface area contributed by atoms with E-state index in [1.165, 1.54) is 4.90 Å². The summed E-state index contributed by atoms with van der Waals surface area (Å²) in [7, 11) is -3.38. The third-order valence-electron chi connectivity index (χ3n) is 4.35. The van der Waals surface area contributed by atoms with Gasteiger partial charge in [-0.1, -0.05) is 29.8 Å². The van der Waals surface area contributed by atoms with Crippen molar-refractivity contribution in [1.82, 2.24) is 4.31 Å². The molecule has 3 rings (SSSR count). The maximum Gasteiger partial charge on any atom is 0.243 e. The van der Waals surface area contributed by atoms with Crippen LogP contribution in [0.4, 0.5) is 0 Å².